The number of nitrogens with one attached hydrogen (secondary N) is 1. The van der Waals surface area contributed by atoms with Crippen molar-refractivity contribution in [2.75, 3.05) is 18.0 Å². The minimum Gasteiger partial charge on any atom is -0.354 e. The lowest BCUT2D eigenvalue weighted by atomic mass is 10.1. The Hall–Kier alpha value is -1.55. The van der Waals surface area contributed by atoms with Gasteiger partial charge >= 0.3 is 0 Å². The number of carbonyl (C=O) groups excluding carboxylic acids is 2. The molecule has 0 aliphatic rings. The van der Waals surface area contributed by atoms with E-state index in [4.69, 9.17) is 11.6 Å². The molecule has 4 nitrogen and oxygen atoms in total. The number of benzene rings is 1. The van der Waals surface area contributed by atoms with Crippen molar-refractivity contribution in [1.29, 1.82) is 0 Å². The molecule has 0 saturated carbocycles. The average molecular weight is 297 g/mol. The second-order valence-corrected chi connectivity index (χ2v) is 5.67. The fourth-order valence-corrected chi connectivity index (χ4v) is 2.03. The SMILES string of the molecule is CC(=O)N(CC(=O)NCC(C)C)c1ccc(Cl)cc1C. The monoisotopic (exact) mass is 296 g/mol. The van der Waals surface area contributed by atoms with Crippen molar-refractivity contribution in [3.8, 4) is 0 Å². The molecule has 0 atom stereocenters. The molecule has 1 aromatic rings. The maximum Gasteiger partial charge on any atom is 0.240 e. The zero-order chi connectivity index (χ0) is 15.3. The third kappa shape index (κ3) is 4.85. The Balaban J connectivity index is 2.84. The number of anilines is 1. The van der Waals surface area contributed by atoms with Gasteiger partial charge in [0.05, 0.1) is 0 Å². The minimum absolute atomic E-state index is 0.0184. The Bertz CT molecular complexity index is 501. The number of rotatable bonds is 5. The summed E-state index contributed by atoms with van der Waals surface area (Å²) >= 11 is 5.91. The maximum absolute atomic E-state index is 11.9. The first-order valence-electron chi connectivity index (χ1n) is 6.62. The molecule has 0 fully saturated rings. The van der Waals surface area contributed by atoms with E-state index in [9.17, 15) is 9.59 Å². The van der Waals surface area contributed by atoms with Crippen molar-refractivity contribution in [2.45, 2.75) is 27.7 Å². The van der Waals surface area contributed by atoms with Crippen molar-refractivity contribution in [3.63, 3.8) is 0 Å². The largest absolute Gasteiger partial charge is 0.354 e. The van der Waals surface area contributed by atoms with Gasteiger partial charge in [-0.1, -0.05) is 25.4 Å². The molecule has 0 aliphatic carbocycles. The molecule has 0 bridgehead atoms. The van der Waals surface area contributed by atoms with Crippen LogP contribution in [0.25, 0.3) is 0 Å². The lowest BCUT2D eigenvalue weighted by molar-refractivity contribution is -0.123. The number of aryl methyl sites for hydroxylation is 1. The summed E-state index contributed by atoms with van der Waals surface area (Å²) in [7, 11) is 0. The van der Waals surface area contributed by atoms with E-state index in [0.29, 0.717) is 23.2 Å². The molecule has 0 aromatic heterocycles. The fraction of sp³-hybridized carbons (Fsp3) is 0.467. The second kappa shape index (κ2) is 7.29. The summed E-state index contributed by atoms with van der Waals surface area (Å²) in [5.74, 6) is 0.0420. The lowest BCUT2D eigenvalue weighted by Gasteiger charge is -2.23. The van der Waals surface area contributed by atoms with Crippen molar-refractivity contribution in [3.05, 3.63) is 28.8 Å². The highest BCUT2D eigenvalue weighted by Gasteiger charge is 2.17. The predicted molar refractivity (Wildman–Crippen MR) is 82.1 cm³/mol. The van der Waals surface area contributed by atoms with Gasteiger partial charge in [-0.05, 0) is 36.6 Å². The molecule has 0 radical (unpaired) electrons. The van der Waals surface area contributed by atoms with E-state index in [1.807, 2.05) is 20.8 Å². The Morgan fingerprint density at radius 1 is 1.35 bits per heavy atom. The van der Waals surface area contributed by atoms with Crippen LogP contribution in [-0.4, -0.2) is 24.9 Å². The van der Waals surface area contributed by atoms with E-state index < -0.39 is 0 Å². The maximum atomic E-state index is 11.9. The van der Waals surface area contributed by atoms with E-state index in [2.05, 4.69) is 5.32 Å². The van der Waals surface area contributed by atoms with Crippen LogP contribution >= 0.6 is 11.6 Å². The van der Waals surface area contributed by atoms with Gasteiger partial charge in [0, 0.05) is 24.2 Å². The normalized spacial score (nSPS) is 10.5. The quantitative estimate of drug-likeness (QED) is 0.908. The zero-order valence-electron chi connectivity index (χ0n) is 12.4. The third-order valence-electron chi connectivity index (χ3n) is 2.84. The van der Waals surface area contributed by atoms with E-state index in [-0.39, 0.29) is 18.4 Å². The summed E-state index contributed by atoms with van der Waals surface area (Å²) in [4.78, 5) is 25.1. The summed E-state index contributed by atoms with van der Waals surface area (Å²) in [5.41, 5.74) is 1.57. The number of halogens is 1. The molecule has 1 aromatic carbocycles. The lowest BCUT2D eigenvalue weighted by Crippen LogP contribution is -2.41. The molecule has 110 valence electrons. The van der Waals surface area contributed by atoms with Crippen molar-refractivity contribution in [2.24, 2.45) is 5.92 Å². The van der Waals surface area contributed by atoms with Crippen molar-refractivity contribution < 1.29 is 9.59 Å². The third-order valence-corrected chi connectivity index (χ3v) is 3.07. The average Bonchev–Trinajstić information content (AvgIpc) is 2.34. The summed E-state index contributed by atoms with van der Waals surface area (Å²) in [6, 6.07) is 5.25. The first kappa shape index (κ1) is 16.5. The number of hydrogen-bond acceptors (Lipinski definition) is 2. The molecule has 0 heterocycles. The van der Waals surface area contributed by atoms with Gasteiger partial charge in [-0.3, -0.25) is 9.59 Å². The van der Waals surface area contributed by atoms with Gasteiger partial charge in [-0.2, -0.15) is 0 Å². The molecule has 0 unspecified atom stereocenters. The summed E-state index contributed by atoms with van der Waals surface area (Å²) in [6.45, 7) is 7.97. The fourth-order valence-electron chi connectivity index (χ4n) is 1.81. The van der Waals surface area contributed by atoms with Crippen LogP contribution in [0.3, 0.4) is 0 Å². The molecule has 1 rings (SSSR count). The Kier molecular flexibility index (Phi) is 6.02. The molecule has 20 heavy (non-hydrogen) atoms. The molecule has 0 spiro atoms. The van der Waals surface area contributed by atoms with Crippen LogP contribution in [0.15, 0.2) is 18.2 Å². The van der Waals surface area contributed by atoms with E-state index >= 15 is 0 Å². The van der Waals surface area contributed by atoms with Crippen LogP contribution in [0.4, 0.5) is 5.69 Å². The van der Waals surface area contributed by atoms with Gasteiger partial charge in [-0.25, -0.2) is 0 Å². The molecule has 5 heteroatoms. The van der Waals surface area contributed by atoms with Crippen LogP contribution in [0, 0.1) is 12.8 Å². The van der Waals surface area contributed by atoms with Crippen LogP contribution < -0.4 is 10.2 Å². The molecular formula is C15H21ClN2O2. The van der Waals surface area contributed by atoms with Crippen LogP contribution in [-0.2, 0) is 9.59 Å². The van der Waals surface area contributed by atoms with Crippen LogP contribution in [0.1, 0.15) is 26.3 Å². The zero-order valence-corrected chi connectivity index (χ0v) is 13.1. The highest BCUT2D eigenvalue weighted by Crippen LogP contribution is 2.23. The Morgan fingerprint density at radius 2 is 2.00 bits per heavy atom. The molecule has 0 saturated heterocycles. The molecule has 2 amide bonds. The van der Waals surface area contributed by atoms with Gasteiger partial charge in [0.2, 0.25) is 11.8 Å². The van der Waals surface area contributed by atoms with E-state index in [1.54, 1.807) is 18.2 Å². The van der Waals surface area contributed by atoms with Crippen LogP contribution in [0.2, 0.25) is 5.02 Å². The first-order valence-corrected chi connectivity index (χ1v) is 7.00. The molecule has 0 aliphatic heterocycles. The predicted octanol–water partition coefficient (Wildman–Crippen LogP) is 2.77. The van der Waals surface area contributed by atoms with E-state index in [0.717, 1.165) is 5.56 Å². The second-order valence-electron chi connectivity index (χ2n) is 5.23. The summed E-state index contributed by atoms with van der Waals surface area (Å²) in [5, 5.41) is 3.42. The highest BCUT2D eigenvalue weighted by molar-refractivity contribution is 6.30. The Morgan fingerprint density at radius 3 is 2.50 bits per heavy atom. The van der Waals surface area contributed by atoms with Gasteiger partial charge in [0.1, 0.15) is 6.54 Å². The number of hydrogen-bond donors (Lipinski definition) is 1. The molecule has 1 N–H and O–H groups in total. The summed E-state index contributed by atoms with van der Waals surface area (Å²) in [6.07, 6.45) is 0. The van der Waals surface area contributed by atoms with Gasteiger partial charge < -0.3 is 10.2 Å². The van der Waals surface area contributed by atoms with Gasteiger partial charge in [0.25, 0.3) is 0 Å². The number of carbonyl (C=O) groups is 2. The molecular weight excluding hydrogens is 276 g/mol. The Labute approximate surface area is 125 Å². The number of nitrogens with zero attached hydrogens (tertiary/aromatic N) is 1. The van der Waals surface area contributed by atoms with Gasteiger partial charge in [0.15, 0.2) is 0 Å². The first-order chi connectivity index (χ1) is 9.31. The van der Waals surface area contributed by atoms with Crippen molar-refractivity contribution in [1.82, 2.24) is 5.32 Å². The minimum atomic E-state index is -0.171. The topological polar surface area (TPSA) is 49.4 Å². The smallest absolute Gasteiger partial charge is 0.240 e. The standard InChI is InChI=1S/C15H21ClN2O2/c1-10(2)8-17-15(20)9-18(12(4)19)14-6-5-13(16)7-11(14)3/h5-7,10H,8-9H2,1-4H3,(H,17,20). The van der Waals surface area contributed by atoms with E-state index in [1.165, 1.54) is 11.8 Å². The summed E-state index contributed by atoms with van der Waals surface area (Å²) < 4.78 is 0. The van der Waals surface area contributed by atoms with Crippen molar-refractivity contribution >= 4 is 29.1 Å². The van der Waals surface area contributed by atoms with Crippen LogP contribution in [0.5, 0.6) is 0 Å². The highest BCUT2D eigenvalue weighted by atomic mass is 35.5. The number of amides is 2. The van der Waals surface area contributed by atoms with Gasteiger partial charge in [-0.15, -0.1) is 0 Å².